The number of nitrogens with zero attached hydrogens (tertiary/aromatic N) is 2. The van der Waals surface area contributed by atoms with Gasteiger partial charge in [0.1, 0.15) is 0 Å². The predicted octanol–water partition coefficient (Wildman–Crippen LogP) is 0.685. The summed E-state index contributed by atoms with van der Waals surface area (Å²) in [4.78, 5) is 28.8. The summed E-state index contributed by atoms with van der Waals surface area (Å²) in [5.74, 6) is 0.330. The highest BCUT2D eigenvalue weighted by molar-refractivity contribution is 8.01. The van der Waals surface area contributed by atoms with Crippen molar-refractivity contribution in [2.75, 3.05) is 31.9 Å². The van der Waals surface area contributed by atoms with Gasteiger partial charge in [-0.1, -0.05) is 11.8 Å². The number of thiazole rings is 1. The first-order valence-electron chi connectivity index (χ1n) is 5.99. The monoisotopic (exact) mass is 300 g/mol. The van der Waals surface area contributed by atoms with Crippen LogP contribution in [-0.2, 0) is 4.79 Å². The number of carbonyl (C=O) groups excluding carboxylic acids is 2. The summed E-state index contributed by atoms with van der Waals surface area (Å²) in [5.41, 5.74) is 0.980. The fourth-order valence-electron chi connectivity index (χ4n) is 1.63. The van der Waals surface area contributed by atoms with Crippen LogP contribution in [0, 0.1) is 6.92 Å². The molecule has 1 aromatic heterocycles. The highest BCUT2D eigenvalue weighted by Crippen LogP contribution is 2.21. The largest absolute Gasteiger partial charge is 0.354 e. The van der Waals surface area contributed by atoms with E-state index in [9.17, 15) is 9.59 Å². The Kier molecular flexibility index (Phi) is 5.03. The molecule has 6 nitrogen and oxygen atoms in total. The quantitative estimate of drug-likeness (QED) is 0.758. The summed E-state index contributed by atoms with van der Waals surface area (Å²) in [6, 6.07) is -0.0538. The van der Waals surface area contributed by atoms with Crippen LogP contribution in [0.25, 0.3) is 0 Å². The molecule has 0 saturated carbocycles. The molecule has 104 valence electrons. The Labute approximate surface area is 120 Å². The Morgan fingerprint density at radius 2 is 2.53 bits per heavy atom. The Balaban J connectivity index is 1.60. The second-order valence-corrected chi connectivity index (χ2v) is 6.19. The van der Waals surface area contributed by atoms with Crippen LogP contribution in [0.4, 0.5) is 4.79 Å². The van der Waals surface area contributed by atoms with E-state index in [1.165, 1.54) is 11.8 Å². The lowest BCUT2D eigenvalue weighted by molar-refractivity contribution is -0.118. The molecule has 19 heavy (non-hydrogen) atoms. The van der Waals surface area contributed by atoms with E-state index in [1.54, 1.807) is 16.2 Å². The molecular weight excluding hydrogens is 284 g/mol. The van der Waals surface area contributed by atoms with Gasteiger partial charge in [-0.05, 0) is 6.92 Å². The average Bonchev–Trinajstić information content (AvgIpc) is 2.96. The Hall–Kier alpha value is -1.28. The normalized spacial score (nSPS) is 14.6. The van der Waals surface area contributed by atoms with Gasteiger partial charge in [0.05, 0.1) is 5.75 Å². The number of hydrogen-bond acceptors (Lipinski definition) is 5. The molecule has 2 rings (SSSR count). The molecule has 0 bridgehead atoms. The topological polar surface area (TPSA) is 74.3 Å². The van der Waals surface area contributed by atoms with Gasteiger partial charge in [-0.2, -0.15) is 0 Å². The first kappa shape index (κ1) is 14.1. The maximum atomic E-state index is 11.6. The molecule has 1 aliphatic heterocycles. The zero-order valence-electron chi connectivity index (χ0n) is 10.6. The SMILES string of the molecule is Cc1csc(SCC(=O)NCCN2CCNC2=O)n1. The summed E-state index contributed by atoms with van der Waals surface area (Å²) < 4.78 is 0.909. The molecule has 0 radical (unpaired) electrons. The summed E-state index contributed by atoms with van der Waals surface area (Å²) in [5, 5.41) is 7.49. The minimum absolute atomic E-state index is 0.0301. The predicted molar refractivity (Wildman–Crippen MR) is 75.6 cm³/mol. The zero-order chi connectivity index (χ0) is 13.7. The summed E-state index contributed by atoms with van der Waals surface area (Å²) in [6.07, 6.45) is 0. The minimum atomic E-state index is -0.0538. The lowest BCUT2D eigenvalue weighted by Crippen LogP contribution is -2.37. The lowest BCUT2D eigenvalue weighted by Gasteiger charge is -2.13. The van der Waals surface area contributed by atoms with Crippen molar-refractivity contribution in [3.8, 4) is 0 Å². The van der Waals surface area contributed by atoms with Crippen molar-refractivity contribution < 1.29 is 9.59 Å². The second-order valence-electron chi connectivity index (χ2n) is 4.11. The first-order chi connectivity index (χ1) is 9.15. The molecule has 1 aliphatic rings. The third-order valence-electron chi connectivity index (χ3n) is 2.57. The van der Waals surface area contributed by atoms with Crippen molar-refractivity contribution in [1.82, 2.24) is 20.5 Å². The van der Waals surface area contributed by atoms with E-state index in [1.807, 2.05) is 12.3 Å². The van der Waals surface area contributed by atoms with E-state index in [-0.39, 0.29) is 11.9 Å². The number of thioether (sulfide) groups is 1. The molecule has 2 heterocycles. The van der Waals surface area contributed by atoms with Crippen LogP contribution < -0.4 is 10.6 Å². The summed E-state index contributed by atoms with van der Waals surface area (Å²) in [6.45, 7) is 4.37. The van der Waals surface area contributed by atoms with Crippen LogP contribution >= 0.6 is 23.1 Å². The number of amides is 3. The van der Waals surface area contributed by atoms with Crippen molar-refractivity contribution in [3.63, 3.8) is 0 Å². The van der Waals surface area contributed by atoms with Crippen molar-refractivity contribution in [2.24, 2.45) is 0 Å². The van der Waals surface area contributed by atoms with E-state index in [4.69, 9.17) is 0 Å². The molecule has 0 aromatic carbocycles. The lowest BCUT2D eigenvalue weighted by atomic mass is 10.5. The fraction of sp³-hybridized carbons (Fsp3) is 0.545. The Morgan fingerprint density at radius 1 is 1.68 bits per heavy atom. The molecule has 3 amide bonds. The van der Waals surface area contributed by atoms with E-state index < -0.39 is 0 Å². The van der Waals surface area contributed by atoms with Gasteiger partial charge in [0.25, 0.3) is 0 Å². The molecule has 1 saturated heterocycles. The number of urea groups is 1. The molecule has 1 aromatic rings. The highest BCUT2D eigenvalue weighted by atomic mass is 32.2. The van der Waals surface area contributed by atoms with Gasteiger partial charge in [-0.3, -0.25) is 4.79 Å². The van der Waals surface area contributed by atoms with Crippen LogP contribution in [0.5, 0.6) is 0 Å². The van der Waals surface area contributed by atoms with Gasteiger partial charge in [-0.25, -0.2) is 9.78 Å². The fourth-order valence-corrected chi connectivity index (χ4v) is 3.31. The third-order valence-corrected chi connectivity index (χ3v) is 4.71. The van der Waals surface area contributed by atoms with Crippen LogP contribution in [0.3, 0.4) is 0 Å². The van der Waals surface area contributed by atoms with E-state index >= 15 is 0 Å². The van der Waals surface area contributed by atoms with Gasteiger partial charge in [0, 0.05) is 37.3 Å². The van der Waals surface area contributed by atoms with Crippen LogP contribution in [-0.4, -0.2) is 53.8 Å². The maximum Gasteiger partial charge on any atom is 0.317 e. The van der Waals surface area contributed by atoms with Crippen molar-refractivity contribution in [2.45, 2.75) is 11.3 Å². The summed E-state index contributed by atoms with van der Waals surface area (Å²) >= 11 is 2.98. The van der Waals surface area contributed by atoms with Gasteiger partial charge in [0.15, 0.2) is 4.34 Å². The number of aryl methyl sites for hydroxylation is 1. The highest BCUT2D eigenvalue weighted by Gasteiger charge is 2.18. The van der Waals surface area contributed by atoms with Gasteiger partial charge in [0.2, 0.25) is 5.91 Å². The maximum absolute atomic E-state index is 11.6. The molecule has 2 N–H and O–H groups in total. The number of rotatable bonds is 6. The van der Waals surface area contributed by atoms with Gasteiger partial charge >= 0.3 is 6.03 Å². The van der Waals surface area contributed by atoms with Crippen molar-refractivity contribution in [3.05, 3.63) is 11.1 Å². The number of hydrogen-bond donors (Lipinski definition) is 2. The van der Waals surface area contributed by atoms with E-state index in [0.717, 1.165) is 10.0 Å². The second kappa shape index (κ2) is 6.76. The average molecular weight is 300 g/mol. The minimum Gasteiger partial charge on any atom is -0.354 e. The van der Waals surface area contributed by atoms with E-state index in [2.05, 4.69) is 15.6 Å². The number of nitrogens with one attached hydrogen (secondary N) is 2. The van der Waals surface area contributed by atoms with Crippen LogP contribution in [0.2, 0.25) is 0 Å². The molecule has 1 fully saturated rings. The first-order valence-corrected chi connectivity index (χ1v) is 7.86. The third kappa shape index (κ3) is 4.39. The van der Waals surface area contributed by atoms with Crippen LogP contribution in [0.1, 0.15) is 5.69 Å². The van der Waals surface area contributed by atoms with Crippen molar-refractivity contribution in [1.29, 1.82) is 0 Å². The smallest absolute Gasteiger partial charge is 0.317 e. The van der Waals surface area contributed by atoms with E-state index in [0.29, 0.717) is 31.9 Å². The van der Waals surface area contributed by atoms with Crippen LogP contribution in [0.15, 0.2) is 9.72 Å². The molecule has 0 aliphatic carbocycles. The molecule has 0 unspecified atom stereocenters. The molecule has 0 spiro atoms. The molecular formula is C11H16N4O2S2. The molecule has 8 heteroatoms. The van der Waals surface area contributed by atoms with Gasteiger partial charge < -0.3 is 15.5 Å². The number of aromatic nitrogens is 1. The standard InChI is InChI=1S/C11H16N4O2S2/c1-8-6-18-11(14-8)19-7-9(16)12-2-4-15-5-3-13-10(15)17/h6H,2-5,7H2,1H3,(H,12,16)(H,13,17). The van der Waals surface area contributed by atoms with Crippen molar-refractivity contribution >= 4 is 35.0 Å². The summed E-state index contributed by atoms with van der Waals surface area (Å²) in [7, 11) is 0. The molecule has 0 atom stereocenters. The van der Waals surface area contributed by atoms with Gasteiger partial charge in [-0.15, -0.1) is 11.3 Å². The Bertz CT molecular complexity index is 463. The zero-order valence-corrected chi connectivity index (χ0v) is 12.3. The number of carbonyl (C=O) groups is 2. The Morgan fingerprint density at radius 3 is 3.16 bits per heavy atom.